The SMILES string of the molecule is Cc1ccc(C2C(C)CCCN2C(=O)C2CC23CCNCC3)cc1. The van der Waals surface area contributed by atoms with Gasteiger partial charge in [-0.3, -0.25) is 4.79 Å². The first-order valence-corrected chi connectivity index (χ1v) is 9.68. The van der Waals surface area contributed by atoms with Crippen LogP contribution in [0.2, 0.25) is 0 Å². The summed E-state index contributed by atoms with van der Waals surface area (Å²) in [6.07, 6.45) is 5.86. The van der Waals surface area contributed by atoms with Gasteiger partial charge in [0.05, 0.1) is 6.04 Å². The number of aryl methyl sites for hydroxylation is 1. The van der Waals surface area contributed by atoms with Crippen molar-refractivity contribution in [2.45, 2.75) is 52.0 Å². The van der Waals surface area contributed by atoms with Crippen molar-refractivity contribution in [2.24, 2.45) is 17.3 Å². The highest BCUT2D eigenvalue weighted by Crippen LogP contribution is 2.60. The van der Waals surface area contributed by atoms with Crippen LogP contribution in [0.5, 0.6) is 0 Å². The van der Waals surface area contributed by atoms with Gasteiger partial charge in [-0.1, -0.05) is 36.8 Å². The molecule has 3 fully saturated rings. The van der Waals surface area contributed by atoms with Gasteiger partial charge in [-0.25, -0.2) is 0 Å². The monoisotopic (exact) mass is 326 g/mol. The highest BCUT2D eigenvalue weighted by atomic mass is 16.2. The molecule has 1 saturated carbocycles. The lowest BCUT2D eigenvalue weighted by atomic mass is 9.84. The normalized spacial score (nSPS) is 31.9. The molecule has 3 atom stereocenters. The predicted molar refractivity (Wildman–Crippen MR) is 96.7 cm³/mol. The van der Waals surface area contributed by atoms with Gasteiger partial charge < -0.3 is 10.2 Å². The molecule has 1 aliphatic carbocycles. The fraction of sp³-hybridized carbons (Fsp3) is 0.667. The van der Waals surface area contributed by atoms with Crippen LogP contribution in [-0.2, 0) is 4.79 Å². The van der Waals surface area contributed by atoms with Gasteiger partial charge in [-0.15, -0.1) is 0 Å². The van der Waals surface area contributed by atoms with Crippen molar-refractivity contribution in [2.75, 3.05) is 19.6 Å². The van der Waals surface area contributed by atoms with E-state index in [-0.39, 0.29) is 12.0 Å². The zero-order chi connectivity index (χ0) is 16.7. The molecule has 1 aromatic carbocycles. The van der Waals surface area contributed by atoms with Gasteiger partial charge in [0.15, 0.2) is 0 Å². The Morgan fingerprint density at radius 1 is 1.21 bits per heavy atom. The quantitative estimate of drug-likeness (QED) is 0.899. The first-order chi connectivity index (χ1) is 11.6. The molecular formula is C21H30N2O. The zero-order valence-corrected chi connectivity index (χ0v) is 15.1. The summed E-state index contributed by atoms with van der Waals surface area (Å²) in [4.78, 5) is 15.6. The first kappa shape index (κ1) is 16.1. The largest absolute Gasteiger partial charge is 0.335 e. The third-order valence-corrected chi connectivity index (χ3v) is 6.72. The lowest BCUT2D eigenvalue weighted by Gasteiger charge is -2.41. The van der Waals surface area contributed by atoms with E-state index in [4.69, 9.17) is 0 Å². The van der Waals surface area contributed by atoms with Gasteiger partial charge in [0, 0.05) is 12.5 Å². The van der Waals surface area contributed by atoms with Gasteiger partial charge in [0.25, 0.3) is 0 Å². The molecule has 2 aliphatic heterocycles. The summed E-state index contributed by atoms with van der Waals surface area (Å²) in [6.45, 7) is 7.55. The van der Waals surface area contributed by atoms with E-state index in [1.54, 1.807) is 0 Å². The number of piperidine rings is 2. The molecule has 2 saturated heterocycles. The van der Waals surface area contributed by atoms with Gasteiger partial charge in [-0.05, 0) is 69.0 Å². The maximum absolute atomic E-state index is 13.3. The molecule has 130 valence electrons. The predicted octanol–water partition coefficient (Wildman–Crippen LogP) is 3.68. The van der Waals surface area contributed by atoms with E-state index in [2.05, 4.69) is 48.3 Å². The van der Waals surface area contributed by atoms with Crippen LogP contribution in [0, 0.1) is 24.2 Å². The molecule has 2 heterocycles. The Kier molecular flexibility index (Phi) is 4.16. The van der Waals surface area contributed by atoms with Crippen LogP contribution >= 0.6 is 0 Å². The number of hydrogen-bond acceptors (Lipinski definition) is 2. The van der Waals surface area contributed by atoms with E-state index in [0.717, 1.165) is 32.5 Å². The van der Waals surface area contributed by atoms with Crippen LogP contribution in [0.4, 0.5) is 0 Å². The Balaban J connectivity index is 1.55. The topological polar surface area (TPSA) is 32.3 Å². The summed E-state index contributed by atoms with van der Waals surface area (Å²) in [6, 6.07) is 9.10. The number of carbonyl (C=O) groups is 1. The highest BCUT2D eigenvalue weighted by molar-refractivity contribution is 5.83. The van der Waals surface area contributed by atoms with Crippen molar-refractivity contribution in [1.82, 2.24) is 10.2 Å². The maximum Gasteiger partial charge on any atom is 0.226 e. The first-order valence-electron chi connectivity index (χ1n) is 9.68. The van der Waals surface area contributed by atoms with Crippen LogP contribution in [-0.4, -0.2) is 30.4 Å². The molecule has 3 unspecified atom stereocenters. The number of nitrogens with zero attached hydrogens (tertiary/aromatic N) is 1. The van der Waals surface area contributed by atoms with Crippen LogP contribution in [0.3, 0.4) is 0 Å². The molecule has 0 radical (unpaired) electrons. The Morgan fingerprint density at radius 2 is 1.92 bits per heavy atom. The fourth-order valence-electron chi connectivity index (χ4n) is 5.08. The Morgan fingerprint density at radius 3 is 2.62 bits per heavy atom. The number of nitrogens with one attached hydrogen (secondary N) is 1. The lowest BCUT2D eigenvalue weighted by Crippen LogP contribution is -2.44. The highest BCUT2D eigenvalue weighted by Gasteiger charge is 2.59. The Hall–Kier alpha value is -1.35. The van der Waals surface area contributed by atoms with Gasteiger partial charge >= 0.3 is 0 Å². The van der Waals surface area contributed by atoms with Crippen molar-refractivity contribution in [3.8, 4) is 0 Å². The zero-order valence-electron chi connectivity index (χ0n) is 15.1. The summed E-state index contributed by atoms with van der Waals surface area (Å²) in [5, 5.41) is 3.44. The summed E-state index contributed by atoms with van der Waals surface area (Å²) in [7, 11) is 0. The third kappa shape index (κ3) is 2.77. The average Bonchev–Trinajstić information content (AvgIpc) is 3.28. The van der Waals surface area contributed by atoms with E-state index in [0.29, 0.717) is 17.2 Å². The van der Waals surface area contributed by atoms with Crippen LogP contribution in [0.25, 0.3) is 0 Å². The van der Waals surface area contributed by atoms with E-state index in [9.17, 15) is 4.79 Å². The number of amides is 1. The van der Waals surface area contributed by atoms with Crippen molar-refractivity contribution < 1.29 is 4.79 Å². The second-order valence-electron chi connectivity index (χ2n) is 8.38. The minimum atomic E-state index is 0.270. The molecule has 1 amide bonds. The van der Waals surface area contributed by atoms with Crippen molar-refractivity contribution in [1.29, 1.82) is 0 Å². The number of carbonyl (C=O) groups excluding carboxylic acids is 1. The second-order valence-corrected chi connectivity index (χ2v) is 8.38. The van der Waals surface area contributed by atoms with Crippen molar-refractivity contribution in [3.05, 3.63) is 35.4 Å². The molecular weight excluding hydrogens is 296 g/mol. The standard InChI is InChI=1S/C21H30N2O/c1-15-5-7-17(8-6-15)19-16(2)4-3-13-23(19)20(24)18-14-21(18)9-11-22-12-10-21/h5-8,16,18-19,22H,3-4,9-14H2,1-2H3. The van der Waals surface area contributed by atoms with Crippen molar-refractivity contribution >= 4 is 5.91 Å². The van der Waals surface area contributed by atoms with Gasteiger partial charge in [-0.2, -0.15) is 0 Å². The smallest absolute Gasteiger partial charge is 0.226 e. The van der Waals surface area contributed by atoms with E-state index >= 15 is 0 Å². The van der Waals surface area contributed by atoms with Crippen LogP contribution < -0.4 is 5.32 Å². The molecule has 0 bridgehead atoms. The minimum absolute atomic E-state index is 0.270. The average molecular weight is 326 g/mol. The van der Waals surface area contributed by atoms with Crippen molar-refractivity contribution in [3.63, 3.8) is 0 Å². The molecule has 1 N–H and O–H groups in total. The Labute approximate surface area is 145 Å². The van der Waals surface area contributed by atoms with E-state index in [1.165, 1.54) is 30.4 Å². The molecule has 24 heavy (non-hydrogen) atoms. The van der Waals surface area contributed by atoms with Gasteiger partial charge in [0.1, 0.15) is 0 Å². The number of likely N-dealkylation sites (tertiary alicyclic amines) is 1. The van der Waals surface area contributed by atoms with E-state index < -0.39 is 0 Å². The van der Waals surface area contributed by atoms with Crippen LogP contribution in [0.1, 0.15) is 56.2 Å². The molecule has 1 spiro atoms. The second kappa shape index (κ2) is 6.18. The number of hydrogen-bond donors (Lipinski definition) is 1. The molecule has 3 heteroatoms. The molecule has 3 aliphatic rings. The van der Waals surface area contributed by atoms with Crippen LogP contribution in [0.15, 0.2) is 24.3 Å². The molecule has 0 aromatic heterocycles. The number of benzene rings is 1. The third-order valence-electron chi connectivity index (χ3n) is 6.72. The summed E-state index contributed by atoms with van der Waals surface area (Å²) in [5.74, 6) is 1.28. The summed E-state index contributed by atoms with van der Waals surface area (Å²) < 4.78 is 0. The molecule has 1 aromatic rings. The molecule has 4 rings (SSSR count). The van der Waals surface area contributed by atoms with Gasteiger partial charge in [0.2, 0.25) is 5.91 Å². The Bertz CT molecular complexity index is 603. The summed E-state index contributed by atoms with van der Waals surface area (Å²) >= 11 is 0. The number of rotatable bonds is 2. The molecule has 3 nitrogen and oxygen atoms in total. The maximum atomic E-state index is 13.3. The minimum Gasteiger partial charge on any atom is -0.335 e. The summed E-state index contributed by atoms with van der Waals surface area (Å²) in [5.41, 5.74) is 2.94. The van der Waals surface area contributed by atoms with E-state index in [1.807, 2.05) is 0 Å². The fourth-order valence-corrected chi connectivity index (χ4v) is 5.08. The lowest BCUT2D eigenvalue weighted by molar-refractivity contribution is -0.139.